The molecule has 1 fully saturated rings. The molecule has 1 aliphatic carbocycles. The lowest BCUT2D eigenvalue weighted by Gasteiger charge is -2.29. The number of rotatable bonds is 3. The standard InChI is InChI=1S/C20H21NO6/c1-20(2)26-17-7-11(4-5-21)6-13(18(17)27-20)12-8-15-16(25-10-24-15)9-14(12)19(22)23-3/h6,8-9,11,17-18H,4,7,10H2,1-3H3/t11-,17-,18+/m0/s1. The number of ether oxygens (including phenoxy) is 5. The summed E-state index contributed by atoms with van der Waals surface area (Å²) in [5.41, 5.74) is 1.85. The first-order valence-corrected chi connectivity index (χ1v) is 8.88. The number of nitriles is 1. The van der Waals surface area contributed by atoms with Crippen molar-refractivity contribution in [1.29, 1.82) is 5.26 Å². The van der Waals surface area contributed by atoms with Gasteiger partial charge in [-0.25, -0.2) is 4.79 Å². The zero-order chi connectivity index (χ0) is 19.2. The van der Waals surface area contributed by atoms with Gasteiger partial charge in [0.1, 0.15) is 6.10 Å². The average Bonchev–Trinajstić information content (AvgIpc) is 3.21. The van der Waals surface area contributed by atoms with Gasteiger partial charge in [0.25, 0.3) is 0 Å². The Kier molecular flexibility index (Phi) is 4.33. The van der Waals surface area contributed by atoms with Gasteiger partial charge in [-0.15, -0.1) is 0 Å². The minimum atomic E-state index is -0.738. The number of benzene rings is 1. The number of hydrogen-bond acceptors (Lipinski definition) is 7. The van der Waals surface area contributed by atoms with Gasteiger partial charge in [0.15, 0.2) is 17.3 Å². The summed E-state index contributed by atoms with van der Waals surface area (Å²) in [4.78, 5) is 12.4. The number of hydrogen-bond donors (Lipinski definition) is 0. The lowest BCUT2D eigenvalue weighted by Crippen LogP contribution is -2.31. The van der Waals surface area contributed by atoms with E-state index in [-0.39, 0.29) is 24.9 Å². The fourth-order valence-corrected chi connectivity index (χ4v) is 3.95. The van der Waals surface area contributed by atoms with E-state index in [4.69, 9.17) is 28.9 Å². The molecule has 0 saturated carbocycles. The summed E-state index contributed by atoms with van der Waals surface area (Å²) >= 11 is 0. The quantitative estimate of drug-likeness (QED) is 0.755. The molecule has 0 bridgehead atoms. The van der Waals surface area contributed by atoms with Crippen LogP contribution < -0.4 is 9.47 Å². The third kappa shape index (κ3) is 3.15. The van der Waals surface area contributed by atoms with Crippen LogP contribution in [-0.4, -0.2) is 37.9 Å². The molecule has 1 aromatic rings. The molecule has 1 saturated heterocycles. The number of esters is 1. The Balaban J connectivity index is 1.84. The molecular formula is C20H21NO6. The van der Waals surface area contributed by atoms with Crippen LogP contribution in [-0.2, 0) is 14.2 Å². The van der Waals surface area contributed by atoms with E-state index in [1.54, 1.807) is 12.1 Å². The summed E-state index contributed by atoms with van der Waals surface area (Å²) in [5.74, 6) is -0.126. The van der Waals surface area contributed by atoms with E-state index >= 15 is 0 Å². The fraction of sp³-hybridized carbons (Fsp3) is 0.500. The van der Waals surface area contributed by atoms with E-state index < -0.39 is 11.8 Å². The number of carbonyl (C=O) groups excluding carboxylic acids is 1. The highest BCUT2D eigenvalue weighted by Gasteiger charge is 2.47. The van der Waals surface area contributed by atoms with Crippen molar-refractivity contribution in [2.45, 2.75) is 44.7 Å². The summed E-state index contributed by atoms with van der Waals surface area (Å²) in [6.07, 6.45) is 2.56. The average molecular weight is 371 g/mol. The van der Waals surface area contributed by atoms with Crippen molar-refractivity contribution in [1.82, 2.24) is 0 Å². The number of methoxy groups -OCH3 is 1. The molecule has 0 radical (unpaired) electrons. The molecule has 2 heterocycles. The van der Waals surface area contributed by atoms with Crippen LogP contribution in [0.4, 0.5) is 0 Å². The Bertz CT molecular complexity index is 853. The molecular weight excluding hydrogens is 350 g/mol. The van der Waals surface area contributed by atoms with Crippen LogP contribution in [0.3, 0.4) is 0 Å². The van der Waals surface area contributed by atoms with Crippen LogP contribution in [0.5, 0.6) is 11.5 Å². The van der Waals surface area contributed by atoms with Gasteiger partial charge in [0.05, 0.1) is 24.8 Å². The first-order chi connectivity index (χ1) is 12.9. The van der Waals surface area contributed by atoms with Crippen LogP contribution in [0.15, 0.2) is 18.2 Å². The lowest BCUT2D eigenvalue weighted by atomic mass is 9.81. The molecule has 0 N–H and O–H groups in total. The third-order valence-electron chi connectivity index (χ3n) is 5.02. The summed E-state index contributed by atoms with van der Waals surface area (Å²) in [5, 5.41) is 9.16. The van der Waals surface area contributed by atoms with E-state index in [2.05, 4.69) is 6.07 Å². The minimum Gasteiger partial charge on any atom is -0.465 e. The fourth-order valence-electron chi connectivity index (χ4n) is 3.95. The number of carbonyl (C=O) groups is 1. The Labute approximate surface area is 157 Å². The van der Waals surface area contributed by atoms with Crippen molar-refractivity contribution < 1.29 is 28.5 Å². The van der Waals surface area contributed by atoms with Crippen LogP contribution in [0, 0.1) is 17.2 Å². The summed E-state index contributed by atoms with van der Waals surface area (Å²) in [6, 6.07) is 5.63. The van der Waals surface area contributed by atoms with Gasteiger partial charge in [0, 0.05) is 6.42 Å². The molecule has 3 atom stereocenters. The van der Waals surface area contributed by atoms with Crippen molar-refractivity contribution in [3.63, 3.8) is 0 Å². The summed E-state index contributed by atoms with van der Waals surface area (Å²) in [6.45, 7) is 3.83. The third-order valence-corrected chi connectivity index (χ3v) is 5.02. The van der Waals surface area contributed by atoms with Crippen molar-refractivity contribution in [2.75, 3.05) is 13.9 Å². The van der Waals surface area contributed by atoms with Crippen molar-refractivity contribution in [3.05, 3.63) is 29.3 Å². The van der Waals surface area contributed by atoms with Crippen molar-refractivity contribution in [3.8, 4) is 17.6 Å². The molecule has 4 rings (SSSR count). The van der Waals surface area contributed by atoms with Crippen LogP contribution >= 0.6 is 0 Å². The van der Waals surface area contributed by atoms with Crippen LogP contribution in [0.2, 0.25) is 0 Å². The van der Waals surface area contributed by atoms with Crippen LogP contribution in [0.1, 0.15) is 42.6 Å². The van der Waals surface area contributed by atoms with Gasteiger partial charge in [-0.3, -0.25) is 0 Å². The summed E-state index contributed by atoms with van der Waals surface area (Å²) < 4.78 is 28.1. The predicted octanol–water partition coefficient (Wildman–Crippen LogP) is 3.04. The highest BCUT2D eigenvalue weighted by Crippen LogP contribution is 2.46. The van der Waals surface area contributed by atoms with Gasteiger partial charge in [0.2, 0.25) is 6.79 Å². The van der Waals surface area contributed by atoms with E-state index in [0.29, 0.717) is 35.5 Å². The second-order valence-electron chi connectivity index (χ2n) is 7.32. The molecule has 7 heteroatoms. The van der Waals surface area contributed by atoms with Gasteiger partial charge in [-0.1, -0.05) is 6.08 Å². The first kappa shape index (κ1) is 17.8. The zero-order valence-electron chi connectivity index (χ0n) is 15.5. The smallest absolute Gasteiger partial charge is 0.338 e. The van der Waals surface area contributed by atoms with Gasteiger partial charge in [-0.2, -0.15) is 5.26 Å². The molecule has 2 aliphatic heterocycles. The molecule has 1 aromatic carbocycles. The van der Waals surface area contributed by atoms with E-state index in [9.17, 15) is 4.79 Å². The van der Waals surface area contributed by atoms with Gasteiger partial charge >= 0.3 is 5.97 Å². The first-order valence-electron chi connectivity index (χ1n) is 8.88. The topological polar surface area (TPSA) is 87.0 Å². The highest BCUT2D eigenvalue weighted by atomic mass is 16.8. The summed E-state index contributed by atoms with van der Waals surface area (Å²) in [7, 11) is 1.34. The Morgan fingerprint density at radius 2 is 2.04 bits per heavy atom. The van der Waals surface area contributed by atoms with Gasteiger partial charge in [-0.05, 0) is 49.5 Å². The molecule has 0 unspecified atom stereocenters. The Morgan fingerprint density at radius 3 is 2.74 bits per heavy atom. The second-order valence-corrected chi connectivity index (χ2v) is 7.32. The molecule has 142 valence electrons. The minimum absolute atomic E-state index is 0.0136. The van der Waals surface area contributed by atoms with Gasteiger partial charge < -0.3 is 23.7 Å². The second kappa shape index (κ2) is 6.55. The Morgan fingerprint density at radius 1 is 1.30 bits per heavy atom. The maximum atomic E-state index is 12.4. The largest absolute Gasteiger partial charge is 0.465 e. The van der Waals surface area contributed by atoms with E-state index in [1.165, 1.54) is 7.11 Å². The lowest BCUT2D eigenvalue weighted by molar-refractivity contribution is -0.142. The number of nitrogens with zero attached hydrogens (tertiary/aromatic N) is 1. The predicted molar refractivity (Wildman–Crippen MR) is 94.0 cm³/mol. The molecule has 3 aliphatic rings. The number of allylic oxidation sites excluding steroid dienone is 1. The van der Waals surface area contributed by atoms with E-state index in [0.717, 1.165) is 5.57 Å². The van der Waals surface area contributed by atoms with Crippen molar-refractivity contribution in [2.24, 2.45) is 5.92 Å². The molecule has 0 amide bonds. The highest BCUT2D eigenvalue weighted by molar-refractivity contribution is 5.97. The maximum Gasteiger partial charge on any atom is 0.338 e. The number of fused-ring (bicyclic) bond motifs is 2. The molecule has 7 nitrogen and oxygen atoms in total. The SMILES string of the molecule is COC(=O)c1cc2c(cc1C1=C[C@H](CC#N)C[C@@H]3OC(C)(C)O[C@H]13)OCO2. The van der Waals surface area contributed by atoms with Crippen molar-refractivity contribution >= 4 is 11.5 Å². The Hall–Kier alpha value is -2.56. The zero-order valence-corrected chi connectivity index (χ0v) is 15.5. The van der Waals surface area contributed by atoms with E-state index in [1.807, 2.05) is 19.9 Å². The normalized spacial score (nSPS) is 27.5. The molecule has 27 heavy (non-hydrogen) atoms. The molecule has 0 aromatic heterocycles. The van der Waals surface area contributed by atoms with Crippen LogP contribution in [0.25, 0.3) is 5.57 Å². The monoisotopic (exact) mass is 371 g/mol. The molecule has 0 spiro atoms. The maximum absolute atomic E-state index is 12.4.